The molecule has 154 valence electrons. The van der Waals surface area contributed by atoms with E-state index in [0.29, 0.717) is 41.3 Å². The molecule has 9 nitrogen and oxygen atoms in total. The van der Waals surface area contributed by atoms with Crippen LogP contribution in [0.4, 0.5) is 0 Å². The molecule has 5 rings (SSSR count). The molecular weight excluding hydrogens is 426 g/mol. The third-order valence-corrected chi connectivity index (χ3v) is 6.64. The lowest BCUT2D eigenvalue weighted by atomic mass is 9.97. The molecule has 1 amide bonds. The van der Waals surface area contributed by atoms with Crippen molar-refractivity contribution in [1.29, 1.82) is 0 Å². The summed E-state index contributed by atoms with van der Waals surface area (Å²) in [5, 5.41) is 12.1. The summed E-state index contributed by atoms with van der Waals surface area (Å²) in [7, 11) is 0. The second-order valence-electron chi connectivity index (χ2n) is 7.17. The van der Waals surface area contributed by atoms with Gasteiger partial charge in [0.1, 0.15) is 6.33 Å². The predicted octanol–water partition coefficient (Wildman–Crippen LogP) is 3.46. The highest BCUT2D eigenvalue weighted by Gasteiger charge is 2.26. The molecule has 11 heteroatoms. The summed E-state index contributed by atoms with van der Waals surface area (Å²) in [4.78, 5) is 27.5. The van der Waals surface area contributed by atoms with Crippen molar-refractivity contribution in [3.63, 3.8) is 0 Å². The Morgan fingerprint density at radius 1 is 1.30 bits per heavy atom. The van der Waals surface area contributed by atoms with Crippen LogP contribution in [-0.4, -0.2) is 54.2 Å². The average molecular weight is 444 g/mol. The van der Waals surface area contributed by atoms with Crippen LogP contribution in [0.2, 0.25) is 5.02 Å². The van der Waals surface area contributed by atoms with Crippen LogP contribution in [0.5, 0.6) is 0 Å². The van der Waals surface area contributed by atoms with Crippen molar-refractivity contribution in [2.24, 2.45) is 0 Å². The Bertz CT molecular complexity index is 1160. The van der Waals surface area contributed by atoms with E-state index in [2.05, 4.69) is 25.3 Å². The molecule has 3 aromatic heterocycles. The molecule has 0 unspecified atom stereocenters. The lowest BCUT2D eigenvalue weighted by Crippen LogP contribution is -2.38. The van der Waals surface area contributed by atoms with E-state index in [-0.39, 0.29) is 5.91 Å². The van der Waals surface area contributed by atoms with Crippen LogP contribution in [-0.2, 0) is 11.2 Å². The maximum Gasteiger partial charge on any atom is 0.239 e. The number of rotatable bonds is 5. The number of carbonyl (C=O) groups excluding carboxylic acids is 1. The highest BCUT2D eigenvalue weighted by molar-refractivity contribution is 7.18. The molecule has 0 radical (unpaired) electrons. The number of halogens is 1. The third-order valence-electron chi connectivity index (χ3n) is 5.21. The minimum atomic E-state index is 0.101. The number of H-pyrrole nitrogens is 1. The standard InChI is InChI=1S/C19H18ClN7O2S/c20-12-1-2-14-13(9-12)23-19(30-14)11-5-7-27(8-6-11)16(28)4-3-15-24-18(26-29-15)17-21-10-22-25-17/h1-2,9-11H,3-8H2,(H,21,22,25). The first-order valence-electron chi connectivity index (χ1n) is 9.68. The molecule has 1 aliphatic rings. The molecule has 30 heavy (non-hydrogen) atoms. The summed E-state index contributed by atoms with van der Waals surface area (Å²) in [5.74, 6) is 1.68. The lowest BCUT2D eigenvalue weighted by Gasteiger charge is -2.31. The molecule has 1 aromatic carbocycles. The van der Waals surface area contributed by atoms with E-state index in [1.807, 2.05) is 23.1 Å². The Kier molecular flexibility index (Phi) is 5.17. The Balaban J connectivity index is 1.15. The molecular formula is C19H18ClN7O2S. The fraction of sp³-hybridized carbons (Fsp3) is 0.368. The van der Waals surface area contributed by atoms with Crippen LogP contribution < -0.4 is 0 Å². The van der Waals surface area contributed by atoms with Crippen molar-refractivity contribution in [2.45, 2.75) is 31.6 Å². The molecule has 0 saturated carbocycles. The topological polar surface area (TPSA) is 114 Å². The number of benzene rings is 1. The number of hydrogen-bond acceptors (Lipinski definition) is 8. The lowest BCUT2D eigenvalue weighted by molar-refractivity contribution is -0.132. The number of nitrogens with one attached hydrogen (secondary N) is 1. The summed E-state index contributed by atoms with van der Waals surface area (Å²) in [6, 6.07) is 5.81. The number of likely N-dealkylation sites (tertiary alicyclic amines) is 1. The maximum absolute atomic E-state index is 12.6. The third kappa shape index (κ3) is 3.92. The maximum atomic E-state index is 12.6. The smallest absolute Gasteiger partial charge is 0.239 e. The van der Waals surface area contributed by atoms with Crippen LogP contribution in [0.25, 0.3) is 21.9 Å². The van der Waals surface area contributed by atoms with Crippen LogP contribution in [0.3, 0.4) is 0 Å². The molecule has 4 aromatic rings. The SMILES string of the molecule is O=C(CCc1nc(-c2ncn[nH]2)no1)N1CCC(c2nc3cc(Cl)ccc3s2)CC1. The molecule has 0 spiro atoms. The van der Waals surface area contributed by atoms with Crippen molar-refractivity contribution in [2.75, 3.05) is 13.1 Å². The number of carbonyl (C=O) groups is 1. The van der Waals surface area contributed by atoms with Crippen LogP contribution in [0.1, 0.15) is 36.1 Å². The Hall–Kier alpha value is -2.85. The summed E-state index contributed by atoms with van der Waals surface area (Å²) >= 11 is 7.78. The summed E-state index contributed by atoms with van der Waals surface area (Å²) in [6.45, 7) is 1.46. The number of piperidine rings is 1. The Morgan fingerprint density at radius 3 is 2.97 bits per heavy atom. The number of thiazole rings is 1. The van der Waals surface area contributed by atoms with Gasteiger partial charge in [-0.3, -0.25) is 9.89 Å². The van der Waals surface area contributed by atoms with Crippen molar-refractivity contribution < 1.29 is 9.32 Å². The fourth-order valence-corrected chi connectivity index (χ4v) is 4.89. The zero-order valence-electron chi connectivity index (χ0n) is 15.9. The number of nitrogens with zero attached hydrogens (tertiary/aromatic N) is 6. The van der Waals surface area contributed by atoms with Gasteiger partial charge in [-0.25, -0.2) is 9.97 Å². The van der Waals surface area contributed by atoms with Gasteiger partial charge in [0.25, 0.3) is 0 Å². The zero-order valence-corrected chi connectivity index (χ0v) is 17.5. The van der Waals surface area contributed by atoms with Crippen LogP contribution in [0, 0.1) is 0 Å². The van der Waals surface area contributed by atoms with Gasteiger partial charge in [0, 0.05) is 36.9 Å². The van der Waals surface area contributed by atoms with Gasteiger partial charge in [0.15, 0.2) is 5.82 Å². The van der Waals surface area contributed by atoms with Crippen molar-refractivity contribution in [3.8, 4) is 11.6 Å². The number of fused-ring (bicyclic) bond motifs is 1. The minimum absolute atomic E-state index is 0.101. The van der Waals surface area contributed by atoms with Gasteiger partial charge in [0.2, 0.25) is 17.6 Å². The molecule has 0 atom stereocenters. The highest BCUT2D eigenvalue weighted by Crippen LogP contribution is 2.34. The average Bonchev–Trinajstić information content (AvgIpc) is 3.52. The van der Waals surface area contributed by atoms with Gasteiger partial charge in [-0.2, -0.15) is 10.1 Å². The van der Waals surface area contributed by atoms with E-state index in [9.17, 15) is 4.79 Å². The Morgan fingerprint density at radius 2 is 2.17 bits per heavy atom. The first-order valence-corrected chi connectivity index (χ1v) is 10.9. The quantitative estimate of drug-likeness (QED) is 0.502. The number of aromatic nitrogens is 6. The molecule has 1 N–H and O–H groups in total. The molecule has 1 fully saturated rings. The second kappa shape index (κ2) is 8.11. The van der Waals surface area contributed by atoms with Crippen molar-refractivity contribution >= 4 is 39.1 Å². The van der Waals surface area contributed by atoms with E-state index >= 15 is 0 Å². The highest BCUT2D eigenvalue weighted by atomic mass is 35.5. The van der Waals surface area contributed by atoms with Gasteiger partial charge < -0.3 is 9.42 Å². The van der Waals surface area contributed by atoms with E-state index in [0.717, 1.165) is 41.2 Å². The first-order chi connectivity index (χ1) is 14.7. The van der Waals surface area contributed by atoms with E-state index in [4.69, 9.17) is 21.1 Å². The minimum Gasteiger partial charge on any atom is -0.343 e. The van der Waals surface area contributed by atoms with E-state index in [1.165, 1.54) is 6.33 Å². The second-order valence-corrected chi connectivity index (χ2v) is 8.66. The molecule has 1 saturated heterocycles. The van der Waals surface area contributed by atoms with Crippen LogP contribution >= 0.6 is 22.9 Å². The first kappa shape index (κ1) is 19.1. The number of amides is 1. The van der Waals surface area contributed by atoms with Crippen LogP contribution in [0.15, 0.2) is 29.0 Å². The number of hydrogen-bond donors (Lipinski definition) is 1. The van der Waals surface area contributed by atoms with Crippen molar-refractivity contribution in [3.05, 3.63) is 40.4 Å². The molecule has 1 aliphatic heterocycles. The normalized spacial score (nSPS) is 15.2. The summed E-state index contributed by atoms with van der Waals surface area (Å²) in [6.07, 6.45) is 3.94. The van der Waals surface area contributed by atoms with Gasteiger partial charge in [-0.05, 0) is 31.0 Å². The van der Waals surface area contributed by atoms with Gasteiger partial charge >= 0.3 is 0 Å². The monoisotopic (exact) mass is 443 g/mol. The molecule has 0 aliphatic carbocycles. The summed E-state index contributed by atoms with van der Waals surface area (Å²) < 4.78 is 6.35. The fourth-order valence-electron chi connectivity index (χ4n) is 3.61. The van der Waals surface area contributed by atoms with Gasteiger partial charge in [-0.15, -0.1) is 11.3 Å². The predicted molar refractivity (Wildman–Crippen MR) is 111 cm³/mol. The number of aromatic amines is 1. The van der Waals surface area contributed by atoms with E-state index < -0.39 is 0 Å². The van der Waals surface area contributed by atoms with Gasteiger partial charge in [-0.1, -0.05) is 16.8 Å². The van der Waals surface area contributed by atoms with Crippen molar-refractivity contribution in [1.82, 2.24) is 35.2 Å². The Labute approximate surface area is 180 Å². The van der Waals surface area contributed by atoms with E-state index in [1.54, 1.807) is 11.3 Å². The summed E-state index contributed by atoms with van der Waals surface area (Å²) in [5.41, 5.74) is 0.949. The van der Waals surface area contributed by atoms with Gasteiger partial charge in [0.05, 0.1) is 15.2 Å². The largest absolute Gasteiger partial charge is 0.343 e. The zero-order chi connectivity index (χ0) is 20.5. The molecule has 4 heterocycles. The molecule has 0 bridgehead atoms. The number of aryl methyl sites for hydroxylation is 1.